The van der Waals surface area contributed by atoms with Gasteiger partial charge in [0.15, 0.2) is 5.78 Å². The van der Waals surface area contributed by atoms with Crippen molar-refractivity contribution >= 4 is 39.0 Å². The Labute approximate surface area is 133 Å². The van der Waals surface area contributed by atoms with Gasteiger partial charge < -0.3 is 10.5 Å². The summed E-state index contributed by atoms with van der Waals surface area (Å²) in [7, 11) is 0. The predicted molar refractivity (Wildman–Crippen MR) is 88.5 cm³/mol. The second-order valence-electron chi connectivity index (χ2n) is 6.14. The number of carbonyl (C=O) groups is 2. The van der Waals surface area contributed by atoms with Crippen LogP contribution in [0.3, 0.4) is 0 Å². The fourth-order valence-electron chi connectivity index (χ4n) is 2.12. The van der Waals surface area contributed by atoms with Gasteiger partial charge in [0.25, 0.3) is 0 Å². The number of ketones is 1. The maximum atomic E-state index is 12.5. The Morgan fingerprint density at radius 2 is 2.00 bits per heavy atom. The summed E-state index contributed by atoms with van der Waals surface area (Å²) in [4.78, 5) is 30.1. The normalized spacial score (nSPS) is 11.7. The van der Waals surface area contributed by atoms with Crippen LogP contribution >= 0.6 is 11.3 Å². The quantitative estimate of drug-likeness (QED) is 0.690. The number of pyridine rings is 1. The topological polar surface area (TPSA) is 82.3 Å². The number of aryl methyl sites for hydroxylation is 1. The average molecular weight is 320 g/mol. The number of hydrogen-bond acceptors (Lipinski definition) is 6. The third kappa shape index (κ3) is 2.83. The van der Waals surface area contributed by atoms with Crippen molar-refractivity contribution in [1.29, 1.82) is 0 Å². The number of ether oxygens (including phenoxy) is 1. The van der Waals surface area contributed by atoms with Crippen LogP contribution in [0.2, 0.25) is 0 Å². The molecule has 2 rings (SSSR count). The number of anilines is 1. The molecule has 0 aliphatic carbocycles. The van der Waals surface area contributed by atoms with Crippen LogP contribution in [0.5, 0.6) is 0 Å². The second-order valence-corrected chi connectivity index (χ2v) is 7.13. The van der Waals surface area contributed by atoms with Crippen LogP contribution in [0.1, 0.15) is 53.4 Å². The molecule has 2 N–H and O–H groups in total. The first-order valence-corrected chi connectivity index (χ1v) is 7.90. The number of aromatic nitrogens is 1. The molecule has 22 heavy (non-hydrogen) atoms. The highest BCUT2D eigenvalue weighted by Crippen LogP contribution is 2.38. The molecule has 0 saturated carbocycles. The van der Waals surface area contributed by atoms with Crippen molar-refractivity contribution in [3.8, 4) is 0 Å². The van der Waals surface area contributed by atoms with E-state index in [0.29, 0.717) is 32.0 Å². The number of hydrogen-bond donors (Lipinski definition) is 1. The lowest BCUT2D eigenvalue weighted by molar-refractivity contribution is 0.0528. The summed E-state index contributed by atoms with van der Waals surface area (Å²) < 4.78 is 5.08. The molecule has 0 amide bonds. The molecular weight excluding hydrogens is 300 g/mol. The largest absolute Gasteiger partial charge is 0.462 e. The van der Waals surface area contributed by atoms with Gasteiger partial charge in [-0.05, 0) is 19.9 Å². The zero-order chi connectivity index (χ0) is 16.7. The summed E-state index contributed by atoms with van der Waals surface area (Å²) in [5, 5.41) is 0.515. The van der Waals surface area contributed by atoms with E-state index in [0.717, 1.165) is 0 Å². The highest BCUT2D eigenvalue weighted by atomic mass is 32.1. The zero-order valence-electron chi connectivity index (χ0n) is 13.4. The molecule has 0 saturated heterocycles. The van der Waals surface area contributed by atoms with E-state index in [9.17, 15) is 9.59 Å². The van der Waals surface area contributed by atoms with E-state index < -0.39 is 11.4 Å². The molecule has 0 bridgehead atoms. The van der Waals surface area contributed by atoms with Gasteiger partial charge in [-0.2, -0.15) is 0 Å². The van der Waals surface area contributed by atoms with E-state index in [1.54, 1.807) is 19.9 Å². The van der Waals surface area contributed by atoms with Crippen molar-refractivity contribution in [2.45, 2.75) is 34.6 Å². The van der Waals surface area contributed by atoms with E-state index in [4.69, 9.17) is 10.5 Å². The smallest absolute Gasteiger partial charge is 0.338 e. The molecule has 0 atom stereocenters. The molecule has 0 aliphatic rings. The Kier molecular flexibility index (Phi) is 4.24. The van der Waals surface area contributed by atoms with Gasteiger partial charge in [0, 0.05) is 16.5 Å². The number of nitrogens with two attached hydrogens (primary N) is 1. The van der Waals surface area contributed by atoms with Gasteiger partial charge >= 0.3 is 5.97 Å². The fraction of sp³-hybridized carbons (Fsp3) is 0.438. The Morgan fingerprint density at radius 1 is 1.36 bits per heavy atom. The first-order valence-electron chi connectivity index (χ1n) is 7.08. The molecule has 0 fully saturated rings. The van der Waals surface area contributed by atoms with Gasteiger partial charge in [-0.15, -0.1) is 11.3 Å². The predicted octanol–water partition coefficient (Wildman–Crippen LogP) is 3.59. The Balaban J connectivity index is 2.72. The third-order valence-electron chi connectivity index (χ3n) is 3.21. The second kappa shape index (κ2) is 5.68. The van der Waals surface area contributed by atoms with Crippen LogP contribution in [-0.2, 0) is 4.74 Å². The van der Waals surface area contributed by atoms with Crippen LogP contribution in [0, 0.1) is 12.3 Å². The maximum Gasteiger partial charge on any atom is 0.338 e. The summed E-state index contributed by atoms with van der Waals surface area (Å²) in [6.07, 6.45) is 0. The SMILES string of the molecule is CCOC(=O)c1cc(C)nc2sc(C(=O)C(C)(C)C)c(N)c12. The fourth-order valence-corrected chi connectivity index (χ4v) is 3.44. The molecule has 118 valence electrons. The first kappa shape index (κ1) is 16.4. The van der Waals surface area contributed by atoms with E-state index in [1.807, 2.05) is 20.8 Å². The number of Topliss-reactive ketones (excluding diaryl/α,β-unsaturated/α-hetero) is 1. The van der Waals surface area contributed by atoms with E-state index >= 15 is 0 Å². The van der Waals surface area contributed by atoms with Crippen molar-refractivity contribution in [1.82, 2.24) is 4.98 Å². The minimum atomic E-state index is -0.547. The zero-order valence-corrected chi connectivity index (χ0v) is 14.3. The van der Waals surface area contributed by atoms with Crippen molar-refractivity contribution in [3.05, 3.63) is 22.2 Å². The third-order valence-corrected chi connectivity index (χ3v) is 4.31. The van der Waals surface area contributed by atoms with Crippen LogP contribution in [0.25, 0.3) is 10.2 Å². The Hall–Kier alpha value is -1.95. The molecule has 0 radical (unpaired) electrons. The van der Waals surface area contributed by atoms with Crippen LogP contribution < -0.4 is 5.73 Å². The minimum absolute atomic E-state index is 0.0551. The lowest BCUT2D eigenvalue weighted by Crippen LogP contribution is -2.20. The Morgan fingerprint density at radius 3 is 2.55 bits per heavy atom. The van der Waals surface area contributed by atoms with Crippen molar-refractivity contribution in [3.63, 3.8) is 0 Å². The highest BCUT2D eigenvalue weighted by Gasteiger charge is 2.29. The summed E-state index contributed by atoms with van der Waals surface area (Å²) in [5.41, 5.74) is 6.98. The summed E-state index contributed by atoms with van der Waals surface area (Å²) in [5.74, 6) is -0.502. The van der Waals surface area contributed by atoms with E-state index in [1.165, 1.54) is 11.3 Å². The molecule has 2 heterocycles. The molecule has 2 aromatic rings. The first-order chi connectivity index (χ1) is 10.2. The number of nitrogen functional groups attached to an aromatic ring is 1. The summed E-state index contributed by atoms with van der Waals surface area (Å²) in [6.45, 7) is 9.33. The van der Waals surface area contributed by atoms with Gasteiger partial charge in [-0.1, -0.05) is 20.8 Å². The molecule has 0 aliphatic heterocycles. The van der Waals surface area contributed by atoms with Crippen molar-refractivity contribution in [2.75, 3.05) is 12.3 Å². The Bertz CT molecular complexity index is 757. The molecule has 0 spiro atoms. The highest BCUT2D eigenvalue weighted by molar-refractivity contribution is 7.21. The maximum absolute atomic E-state index is 12.5. The van der Waals surface area contributed by atoms with Crippen LogP contribution in [0.4, 0.5) is 5.69 Å². The van der Waals surface area contributed by atoms with Crippen LogP contribution in [-0.4, -0.2) is 23.3 Å². The lowest BCUT2D eigenvalue weighted by Gasteiger charge is -2.15. The van der Waals surface area contributed by atoms with E-state index in [-0.39, 0.29) is 12.4 Å². The molecule has 6 heteroatoms. The number of rotatable bonds is 3. The molecule has 0 unspecified atom stereocenters. The van der Waals surface area contributed by atoms with Gasteiger partial charge in [0.2, 0.25) is 0 Å². The molecule has 2 aromatic heterocycles. The number of fused-ring (bicyclic) bond motifs is 1. The number of carbonyl (C=O) groups excluding carboxylic acids is 2. The standard InChI is InChI=1S/C16H20N2O3S/c1-6-21-15(20)9-7-8(2)18-14-10(9)11(17)12(22-14)13(19)16(3,4)5/h7H,6,17H2,1-5H3. The van der Waals surface area contributed by atoms with Crippen molar-refractivity contribution < 1.29 is 14.3 Å². The number of esters is 1. The monoisotopic (exact) mass is 320 g/mol. The minimum Gasteiger partial charge on any atom is -0.462 e. The van der Waals surface area contributed by atoms with Crippen LogP contribution in [0.15, 0.2) is 6.07 Å². The molecular formula is C16H20N2O3S. The van der Waals surface area contributed by atoms with Gasteiger partial charge in [0.1, 0.15) is 4.83 Å². The van der Waals surface area contributed by atoms with Gasteiger partial charge in [-0.3, -0.25) is 4.79 Å². The lowest BCUT2D eigenvalue weighted by atomic mass is 9.89. The average Bonchev–Trinajstić information content (AvgIpc) is 2.73. The van der Waals surface area contributed by atoms with E-state index in [2.05, 4.69) is 4.98 Å². The van der Waals surface area contributed by atoms with Gasteiger partial charge in [0.05, 0.1) is 22.7 Å². The molecule has 5 nitrogen and oxygen atoms in total. The summed E-state index contributed by atoms with van der Waals surface area (Å²) in [6, 6.07) is 1.65. The summed E-state index contributed by atoms with van der Waals surface area (Å²) >= 11 is 1.23. The van der Waals surface area contributed by atoms with Gasteiger partial charge in [-0.25, -0.2) is 9.78 Å². The number of nitrogens with zero attached hydrogens (tertiary/aromatic N) is 1. The number of thiophene rings is 1. The van der Waals surface area contributed by atoms with Crippen molar-refractivity contribution in [2.24, 2.45) is 5.41 Å². The molecule has 0 aromatic carbocycles.